The van der Waals surface area contributed by atoms with E-state index in [9.17, 15) is 9.59 Å². The molecule has 4 rings (SSSR count). The second-order valence-electron chi connectivity index (χ2n) is 10.6. The molecular formula is C26H36N4O3. The number of nitrogens with zero attached hydrogens (tertiary/aromatic N) is 3. The number of nitrogens with one attached hydrogen (secondary N) is 1. The standard InChI is InChI=1S/C26H36N4O3/c1-25(2,3)22-16-21-23(31)30(19-12-14-20(33-5)15-13-19)26(4,17-29(21)28-22)24(32)27-18-10-8-6-7-9-11-18/h12-16,18H,6-11,17H2,1-5H3,(H,27,32). The summed E-state index contributed by atoms with van der Waals surface area (Å²) in [7, 11) is 1.61. The molecule has 1 aliphatic carbocycles. The van der Waals surface area contributed by atoms with Crippen LogP contribution in [-0.2, 0) is 16.8 Å². The number of methoxy groups -OCH3 is 1. The average Bonchev–Trinajstić information content (AvgIpc) is 3.04. The Bertz CT molecular complexity index is 1010. The fraction of sp³-hybridized carbons (Fsp3) is 0.577. The molecule has 1 aromatic carbocycles. The normalized spacial score (nSPS) is 22.0. The Morgan fingerprint density at radius 1 is 1.12 bits per heavy atom. The van der Waals surface area contributed by atoms with Crippen molar-refractivity contribution < 1.29 is 14.3 Å². The van der Waals surface area contributed by atoms with Crippen LogP contribution in [0, 0.1) is 0 Å². The lowest BCUT2D eigenvalue weighted by Crippen LogP contribution is -2.65. The lowest BCUT2D eigenvalue weighted by Gasteiger charge is -2.43. The Morgan fingerprint density at radius 2 is 1.76 bits per heavy atom. The summed E-state index contributed by atoms with van der Waals surface area (Å²) in [4.78, 5) is 29.3. The van der Waals surface area contributed by atoms with Gasteiger partial charge in [-0.05, 0) is 50.1 Å². The maximum atomic E-state index is 13.8. The second-order valence-corrected chi connectivity index (χ2v) is 10.6. The molecule has 1 atom stereocenters. The molecule has 7 heteroatoms. The van der Waals surface area contributed by atoms with E-state index in [0.29, 0.717) is 23.7 Å². The molecule has 178 valence electrons. The van der Waals surface area contributed by atoms with Gasteiger partial charge in [0.15, 0.2) is 0 Å². The lowest BCUT2D eigenvalue weighted by atomic mass is 9.91. The van der Waals surface area contributed by atoms with E-state index in [4.69, 9.17) is 9.84 Å². The van der Waals surface area contributed by atoms with Gasteiger partial charge in [-0.15, -0.1) is 0 Å². The summed E-state index contributed by atoms with van der Waals surface area (Å²) in [6, 6.07) is 9.32. The van der Waals surface area contributed by atoms with Crippen molar-refractivity contribution >= 4 is 17.5 Å². The molecule has 7 nitrogen and oxygen atoms in total. The molecule has 0 spiro atoms. The van der Waals surface area contributed by atoms with Crippen LogP contribution < -0.4 is 15.0 Å². The van der Waals surface area contributed by atoms with Crippen LogP contribution in [0.4, 0.5) is 5.69 Å². The van der Waals surface area contributed by atoms with Gasteiger partial charge in [0, 0.05) is 17.1 Å². The van der Waals surface area contributed by atoms with E-state index in [0.717, 1.165) is 31.4 Å². The maximum absolute atomic E-state index is 13.8. The first-order valence-corrected chi connectivity index (χ1v) is 12.0. The summed E-state index contributed by atoms with van der Waals surface area (Å²) in [5.41, 5.74) is 0.717. The summed E-state index contributed by atoms with van der Waals surface area (Å²) < 4.78 is 7.01. The predicted molar refractivity (Wildman–Crippen MR) is 129 cm³/mol. The number of fused-ring (bicyclic) bond motifs is 1. The molecule has 0 radical (unpaired) electrons. The van der Waals surface area contributed by atoms with Crippen molar-refractivity contribution in [3.8, 4) is 5.75 Å². The Balaban J connectivity index is 1.74. The molecule has 1 fully saturated rings. The summed E-state index contributed by atoms with van der Waals surface area (Å²) >= 11 is 0. The van der Waals surface area contributed by atoms with Crippen molar-refractivity contribution in [3.63, 3.8) is 0 Å². The summed E-state index contributed by atoms with van der Waals surface area (Å²) in [6.45, 7) is 8.37. The van der Waals surface area contributed by atoms with Gasteiger partial charge >= 0.3 is 0 Å². The number of ether oxygens (including phenoxy) is 1. The summed E-state index contributed by atoms with van der Waals surface area (Å²) in [6.07, 6.45) is 6.65. The van der Waals surface area contributed by atoms with Gasteiger partial charge in [0.1, 0.15) is 17.0 Å². The Morgan fingerprint density at radius 3 is 2.33 bits per heavy atom. The van der Waals surface area contributed by atoms with Crippen molar-refractivity contribution in [2.75, 3.05) is 12.0 Å². The van der Waals surface area contributed by atoms with Gasteiger partial charge in [-0.2, -0.15) is 5.10 Å². The third-order valence-electron chi connectivity index (χ3n) is 6.93. The number of hydrogen-bond donors (Lipinski definition) is 1. The fourth-order valence-corrected chi connectivity index (χ4v) is 4.85. The largest absolute Gasteiger partial charge is 0.497 e. The minimum Gasteiger partial charge on any atom is -0.497 e. The topological polar surface area (TPSA) is 76.5 Å². The second kappa shape index (κ2) is 8.84. The SMILES string of the molecule is COc1ccc(N2C(=O)c3cc(C(C)(C)C)nn3CC2(C)C(=O)NC2CCCCCC2)cc1. The van der Waals surface area contributed by atoms with Crippen molar-refractivity contribution in [2.45, 2.75) is 89.8 Å². The minimum absolute atomic E-state index is 0.128. The zero-order valence-corrected chi connectivity index (χ0v) is 20.5. The molecule has 1 N–H and O–H groups in total. The third-order valence-corrected chi connectivity index (χ3v) is 6.93. The van der Waals surface area contributed by atoms with Gasteiger partial charge in [0.25, 0.3) is 5.91 Å². The first-order valence-electron chi connectivity index (χ1n) is 12.0. The fourth-order valence-electron chi connectivity index (χ4n) is 4.85. The van der Waals surface area contributed by atoms with Gasteiger partial charge in [-0.1, -0.05) is 46.5 Å². The molecule has 2 heterocycles. The highest BCUT2D eigenvalue weighted by Crippen LogP contribution is 2.35. The number of carbonyl (C=O) groups is 2. The molecule has 1 aromatic heterocycles. The van der Waals surface area contributed by atoms with E-state index in [1.807, 2.05) is 37.3 Å². The van der Waals surface area contributed by atoms with Crippen LogP contribution >= 0.6 is 0 Å². The van der Waals surface area contributed by atoms with Crippen LogP contribution in [0.1, 0.15) is 82.4 Å². The Labute approximate surface area is 196 Å². The van der Waals surface area contributed by atoms with E-state index >= 15 is 0 Å². The molecule has 1 unspecified atom stereocenters. The number of rotatable bonds is 4. The molecule has 33 heavy (non-hydrogen) atoms. The third kappa shape index (κ3) is 4.50. The van der Waals surface area contributed by atoms with E-state index in [-0.39, 0.29) is 23.3 Å². The molecule has 0 bridgehead atoms. The summed E-state index contributed by atoms with van der Waals surface area (Å²) in [5.74, 6) is 0.359. The highest BCUT2D eigenvalue weighted by molar-refractivity contribution is 6.11. The average molecular weight is 453 g/mol. The van der Waals surface area contributed by atoms with Crippen molar-refractivity contribution in [1.82, 2.24) is 15.1 Å². The molecule has 2 aromatic rings. The number of amides is 2. The van der Waals surface area contributed by atoms with E-state index in [1.165, 1.54) is 12.8 Å². The highest BCUT2D eigenvalue weighted by Gasteiger charge is 2.49. The van der Waals surface area contributed by atoms with Crippen molar-refractivity contribution in [1.29, 1.82) is 0 Å². The quantitative estimate of drug-likeness (QED) is 0.696. The number of benzene rings is 1. The Kier molecular flexibility index (Phi) is 6.25. The Hall–Kier alpha value is -2.83. The minimum atomic E-state index is -1.11. The van der Waals surface area contributed by atoms with Gasteiger partial charge < -0.3 is 10.1 Å². The van der Waals surface area contributed by atoms with Crippen LogP contribution in [0.2, 0.25) is 0 Å². The number of carbonyl (C=O) groups excluding carboxylic acids is 2. The molecule has 1 saturated carbocycles. The maximum Gasteiger partial charge on any atom is 0.277 e. The molecule has 2 amide bonds. The monoisotopic (exact) mass is 452 g/mol. The number of aromatic nitrogens is 2. The molecule has 0 saturated heterocycles. The van der Waals surface area contributed by atoms with Gasteiger partial charge in [-0.25, -0.2) is 0 Å². The molecule has 1 aliphatic heterocycles. The van der Waals surface area contributed by atoms with Crippen molar-refractivity contribution in [2.24, 2.45) is 0 Å². The van der Waals surface area contributed by atoms with Gasteiger partial charge in [0.2, 0.25) is 5.91 Å². The van der Waals surface area contributed by atoms with Crippen LogP contribution in [0.15, 0.2) is 30.3 Å². The molecule has 2 aliphatic rings. The van der Waals surface area contributed by atoms with Gasteiger partial charge in [-0.3, -0.25) is 19.2 Å². The van der Waals surface area contributed by atoms with Crippen LogP contribution in [0.5, 0.6) is 5.75 Å². The van der Waals surface area contributed by atoms with E-state index in [1.54, 1.807) is 16.7 Å². The molecular weight excluding hydrogens is 416 g/mol. The van der Waals surface area contributed by atoms with Crippen LogP contribution in [-0.4, -0.2) is 40.3 Å². The smallest absolute Gasteiger partial charge is 0.277 e. The summed E-state index contributed by atoms with van der Waals surface area (Å²) in [5, 5.41) is 8.02. The zero-order valence-electron chi connectivity index (χ0n) is 20.5. The first-order chi connectivity index (χ1) is 15.6. The predicted octanol–water partition coefficient (Wildman–Crippen LogP) is 4.45. The van der Waals surface area contributed by atoms with E-state index < -0.39 is 5.54 Å². The first kappa shape index (κ1) is 23.3. The van der Waals surface area contributed by atoms with Gasteiger partial charge in [0.05, 0.1) is 19.3 Å². The lowest BCUT2D eigenvalue weighted by molar-refractivity contribution is -0.127. The van der Waals surface area contributed by atoms with Crippen LogP contribution in [0.25, 0.3) is 0 Å². The number of hydrogen-bond acceptors (Lipinski definition) is 4. The zero-order chi connectivity index (χ0) is 23.8. The van der Waals surface area contributed by atoms with Crippen LogP contribution in [0.3, 0.4) is 0 Å². The van der Waals surface area contributed by atoms with E-state index in [2.05, 4.69) is 26.1 Å². The number of anilines is 1. The van der Waals surface area contributed by atoms with Crippen molar-refractivity contribution in [3.05, 3.63) is 41.7 Å². The highest BCUT2D eigenvalue weighted by atomic mass is 16.5.